The monoisotopic (exact) mass is 154 g/mol. The molecule has 0 aromatic carbocycles. The first-order valence-corrected chi connectivity index (χ1v) is 4.22. The van der Waals surface area contributed by atoms with Gasteiger partial charge < -0.3 is 0 Å². The minimum Gasteiger partial charge on any atom is -0.299 e. The van der Waals surface area contributed by atoms with Gasteiger partial charge in [0.25, 0.3) is 0 Å². The molecule has 0 fully saturated rings. The van der Waals surface area contributed by atoms with Crippen LogP contribution < -0.4 is 0 Å². The Morgan fingerprint density at radius 2 is 1.82 bits per heavy atom. The number of carbonyl (C=O) groups is 1. The fourth-order valence-corrected chi connectivity index (χ4v) is 1.05. The lowest BCUT2D eigenvalue weighted by Crippen LogP contribution is -1.99. The van der Waals surface area contributed by atoms with E-state index in [1.54, 1.807) is 6.08 Å². The normalized spacial score (nSPS) is 12.7. The van der Waals surface area contributed by atoms with Crippen LogP contribution in [0.2, 0.25) is 0 Å². The van der Waals surface area contributed by atoms with E-state index in [-0.39, 0.29) is 0 Å². The molecule has 0 rings (SSSR count). The van der Waals surface area contributed by atoms with E-state index in [2.05, 4.69) is 27.7 Å². The number of aldehydes is 1. The van der Waals surface area contributed by atoms with Crippen LogP contribution in [0.25, 0.3) is 0 Å². The Labute approximate surface area is 69.5 Å². The molecule has 0 atom stereocenters. The molecule has 0 aromatic heterocycles. The lowest BCUT2D eigenvalue weighted by Gasteiger charge is -2.12. The van der Waals surface area contributed by atoms with Gasteiger partial charge in [0.05, 0.1) is 0 Å². The zero-order valence-corrected chi connectivity index (χ0v) is 7.92. The number of carbonyl (C=O) groups excluding carboxylic acids is 1. The number of allylic oxidation sites excluding steroid dienone is 2. The highest BCUT2D eigenvalue weighted by Gasteiger charge is 2.04. The van der Waals surface area contributed by atoms with Crippen molar-refractivity contribution >= 4 is 6.29 Å². The van der Waals surface area contributed by atoms with Crippen LogP contribution in [0.3, 0.4) is 0 Å². The van der Waals surface area contributed by atoms with Gasteiger partial charge in [-0.3, -0.25) is 4.79 Å². The molecule has 0 aliphatic heterocycles. The summed E-state index contributed by atoms with van der Waals surface area (Å²) in [5, 5.41) is 0. The zero-order valence-electron chi connectivity index (χ0n) is 7.92. The van der Waals surface area contributed by atoms with Gasteiger partial charge >= 0.3 is 0 Å². The van der Waals surface area contributed by atoms with Crippen LogP contribution in [-0.2, 0) is 4.79 Å². The summed E-state index contributed by atoms with van der Waals surface area (Å²) in [6.07, 6.45) is 3.62. The molecule has 0 amide bonds. The third-order valence-corrected chi connectivity index (χ3v) is 1.67. The largest absolute Gasteiger partial charge is 0.299 e. The van der Waals surface area contributed by atoms with E-state index in [0.717, 1.165) is 12.7 Å². The Morgan fingerprint density at radius 1 is 1.27 bits per heavy atom. The predicted octanol–water partition coefficient (Wildman–Crippen LogP) is 2.81. The van der Waals surface area contributed by atoms with Crippen LogP contribution in [-0.4, -0.2) is 6.29 Å². The molecule has 0 aromatic rings. The Balaban J connectivity index is 4.11. The molecular formula is C10H18O. The van der Waals surface area contributed by atoms with E-state index >= 15 is 0 Å². The topological polar surface area (TPSA) is 17.1 Å². The average Bonchev–Trinajstić information content (AvgIpc) is 1.86. The Hall–Kier alpha value is -0.590. The van der Waals surface area contributed by atoms with Crippen LogP contribution in [0, 0.1) is 11.8 Å². The average molecular weight is 154 g/mol. The van der Waals surface area contributed by atoms with Gasteiger partial charge in [-0.15, -0.1) is 0 Å². The van der Waals surface area contributed by atoms with Gasteiger partial charge in [0.15, 0.2) is 0 Å². The van der Waals surface area contributed by atoms with Crippen molar-refractivity contribution in [2.75, 3.05) is 0 Å². The second-order valence-corrected chi connectivity index (χ2v) is 3.63. The maximum absolute atomic E-state index is 10.2. The van der Waals surface area contributed by atoms with Gasteiger partial charge in [0, 0.05) is 0 Å². The molecule has 0 radical (unpaired) electrons. The highest BCUT2D eigenvalue weighted by molar-refractivity contribution is 5.66. The summed E-state index contributed by atoms with van der Waals surface area (Å²) in [6.45, 7) is 8.58. The molecule has 0 saturated carbocycles. The van der Waals surface area contributed by atoms with Crippen molar-refractivity contribution in [3.63, 3.8) is 0 Å². The highest BCUT2D eigenvalue weighted by Crippen LogP contribution is 2.17. The summed E-state index contributed by atoms with van der Waals surface area (Å²) < 4.78 is 0. The molecule has 0 saturated heterocycles. The summed E-state index contributed by atoms with van der Waals surface area (Å²) >= 11 is 0. The zero-order chi connectivity index (χ0) is 8.85. The highest BCUT2D eigenvalue weighted by atomic mass is 16.1. The van der Waals surface area contributed by atoms with Crippen LogP contribution in [0.5, 0.6) is 0 Å². The van der Waals surface area contributed by atoms with E-state index in [4.69, 9.17) is 0 Å². The van der Waals surface area contributed by atoms with Crippen molar-refractivity contribution < 1.29 is 4.79 Å². The molecule has 0 aliphatic carbocycles. The van der Waals surface area contributed by atoms with Gasteiger partial charge in [0.2, 0.25) is 0 Å². The number of rotatable bonds is 4. The van der Waals surface area contributed by atoms with Crippen molar-refractivity contribution in [2.24, 2.45) is 11.8 Å². The molecule has 0 heterocycles. The Morgan fingerprint density at radius 3 is 2.09 bits per heavy atom. The molecule has 64 valence electrons. The lowest BCUT2D eigenvalue weighted by molar-refractivity contribution is -0.104. The maximum Gasteiger partial charge on any atom is 0.142 e. The maximum atomic E-state index is 10.2. The molecule has 0 spiro atoms. The third kappa shape index (κ3) is 4.77. The lowest BCUT2D eigenvalue weighted by atomic mass is 9.94. The van der Waals surface area contributed by atoms with Crippen LogP contribution in [0.4, 0.5) is 0 Å². The van der Waals surface area contributed by atoms with Gasteiger partial charge in [-0.2, -0.15) is 0 Å². The molecular weight excluding hydrogens is 136 g/mol. The molecule has 0 unspecified atom stereocenters. The molecule has 1 heteroatoms. The van der Waals surface area contributed by atoms with Gasteiger partial charge in [-0.25, -0.2) is 0 Å². The van der Waals surface area contributed by atoms with Gasteiger partial charge in [-0.1, -0.05) is 33.3 Å². The predicted molar refractivity (Wildman–Crippen MR) is 48.4 cm³/mol. The van der Waals surface area contributed by atoms with Gasteiger partial charge in [-0.05, 0) is 24.3 Å². The third-order valence-electron chi connectivity index (χ3n) is 1.67. The summed E-state index contributed by atoms with van der Waals surface area (Å²) in [7, 11) is 0. The van der Waals surface area contributed by atoms with Crippen molar-refractivity contribution in [2.45, 2.75) is 34.1 Å². The van der Waals surface area contributed by atoms with E-state index in [1.807, 2.05) is 0 Å². The van der Waals surface area contributed by atoms with Crippen molar-refractivity contribution in [1.29, 1.82) is 0 Å². The fraction of sp³-hybridized carbons (Fsp3) is 0.700. The fourth-order valence-electron chi connectivity index (χ4n) is 1.05. The summed E-state index contributed by atoms with van der Waals surface area (Å²) in [6, 6.07) is 0. The molecule has 1 nitrogen and oxygen atoms in total. The molecule has 0 bridgehead atoms. The van der Waals surface area contributed by atoms with Gasteiger partial charge in [0.1, 0.15) is 6.29 Å². The van der Waals surface area contributed by atoms with Crippen LogP contribution >= 0.6 is 0 Å². The molecule has 0 aliphatic rings. The van der Waals surface area contributed by atoms with E-state index in [1.165, 1.54) is 5.57 Å². The Bertz CT molecular complexity index is 143. The number of hydrogen-bond acceptors (Lipinski definition) is 1. The van der Waals surface area contributed by atoms with E-state index in [0.29, 0.717) is 11.8 Å². The number of hydrogen-bond donors (Lipinski definition) is 0. The second kappa shape index (κ2) is 5.11. The van der Waals surface area contributed by atoms with Crippen molar-refractivity contribution in [3.05, 3.63) is 11.6 Å². The van der Waals surface area contributed by atoms with Crippen molar-refractivity contribution in [3.8, 4) is 0 Å². The van der Waals surface area contributed by atoms with Crippen molar-refractivity contribution in [1.82, 2.24) is 0 Å². The van der Waals surface area contributed by atoms with E-state index in [9.17, 15) is 4.79 Å². The first-order valence-electron chi connectivity index (χ1n) is 4.22. The Kier molecular flexibility index (Phi) is 4.84. The summed E-state index contributed by atoms with van der Waals surface area (Å²) in [5.41, 5.74) is 1.26. The van der Waals surface area contributed by atoms with E-state index < -0.39 is 0 Å². The van der Waals surface area contributed by atoms with Crippen LogP contribution in [0.15, 0.2) is 11.6 Å². The smallest absolute Gasteiger partial charge is 0.142 e. The quantitative estimate of drug-likeness (QED) is 0.449. The standard InChI is InChI=1S/C10H18O/c1-8(2)7-10(5-6-11)9(3)4/h5-6,8-9H,7H2,1-4H3/b10-5-. The molecule has 0 N–H and O–H groups in total. The first kappa shape index (κ1) is 10.4. The first-order chi connectivity index (χ1) is 5.07. The summed E-state index contributed by atoms with van der Waals surface area (Å²) in [5.74, 6) is 1.14. The minimum absolute atomic E-state index is 0.502. The summed E-state index contributed by atoms with van der Waals surface area (Å²) in [4.78, 5) is 10.2. The SMILES string of the molecule is CC(C)C/C(=C/C=O)C(C)C. The second-order valence-electron chi connectivity index (χ2n) is 3.63. The minimum atomic E-state index is 0.502. The van der Waals surface area contributed by atoms with Crippen LogP contribution in [0.1, 0.15) is 34.1 Å². The molecule has 11 heavy (non-hydrogen) atoms.